The third-order valence-electron chi connectivity index (χ3n) is 5.60. The molecule has 2 saturated heterocycles. The first-order valence-corrected chi connectivity index (χ1v) is 10.9. The van der Waals surface area contributed by atoms with Crippen LogP contribution in [0, 0.1) is 0 Å². The molecule has 172 valence electrons. The average molecular weight is 435 g/mol. The van der Waals surface area contributed by atoms with E-state index in [9.17, 15) is 9.90 Å². The van der Waals surface area contributed by atoms with E-state index in [1.54, 1.807) is 32.4 Å². The number of benzene rings is 1. The number of amides is 1. The highest BCUT2D eigenvalue weighted by Crippen LogP contribution is 2.26. The summed E-state index contributed by atoms with van der Waals surface area (Å²) in [6.07, 6.45) is 0.703. The second kappa shape index (κ2) is 11.2. The van der Waals surface area contributed by atoms with Gasteiger partial charge in [0.15, 0.2) is 5.96 Å². The van der Waals surface area contributed by atoms with E-state index in [4.69, 9.17) is 14.2 Å². The zero-order chi connectivity index (χ0) is 22.2. The Kier molecular flexibility index (Phi) is 8.36. The van der Waals surface area contributed by atoms with Gasteiger partial charge in [-0.05, 0) is 37.5 Å². The van der Waals surface area contributed by atoms with Crippen molar-refractivity contribution in [1.82, 2.24) is 15.1 Å². The van der Waals surface area contributed by atoms with Gasteiger partial charge >= 0.3 is 0 Å². The molecule has 2 atom stereocenters. The lowest BCUT2D eigenvalue weighted by molar-refractivity contribution is -0.142. The van der Waals surface area contributed by atoms with Crippen LogP contribution in [0.15, 0.2) is 23.2 Å². The summed E-state index contributed by atoms with van der Waals surface area (Å²) in [5, 5.41) is 14.0. The number of carbonyl (C=O) groups is 1. The van der Waals surface area contributed by atoms with Gasteiger partial charge in [0.1, 0.15) is 17.6 Å². The smallest absolute Gasteiger partial charge is 0.251 e. The molecule has 0 bridgehead atoms. The molecule has 2 heterocycles. The quantitative estimate of drug-likeness (QED) is 0.489. The Morgan fingerprint density at radius 3 is 2.39 bits per heavy atom. The van der Waals surface area contributed by atoms with Crippen LogP contribution < -0.4 is 14.8 Å². The van der Waals surface area contributed by atoms with Gasteiger partial charge in [0.05, 0.1) is 26.9 Å². The summed E-state index contributed by atoms with van der Waals surface area (Å²) in [4.78, 5) is 21.2. The van der Waals surface area contributed by atoms with E-state index in [-0.39, 0.29) is 18.6 Å². The van der Waals surface area contributed by atoms with Gasteiger partial charge in [0.25, 0.3) is 5.91 Å². The van der Waals surface area contributed by atoms with Crippen LogP contribution in [-0.2, 0) is 9.53 Å². The van der Waals surface area contributed by atoms with Crippen LogP contribution >= 0.6 is 0 Å². The maximum atomic E-state index is 12.6. The van der Waals surface area contributed by atoms with Crippen molar-refractivity contribution in [2.45, 2.75) is 32.0 Å². The van der Waals surface area contributed by atoms with Gasteiger partial charge in [-0.25, -0.2) is 0 Å². The number of hydrogen-bond donors (Lipinski definition) is 2. The van der Waals surface area contributed by atoms with Crippen molar-refractivity contribution >= 4 is 11.9 Å². The number of rotatable bonds is 7. The van der Waals surface area contributed by atoms with Gasteiger partial charge in [0.2, 0.25) is 0 Å². The molecule has 2 fully saturated rings. The molecular formula is C22H34N4O5. The molecule has 9 nitrogen and oxygen atoms in total. The Hall–Kier alpha value is -2.52. The van der Waals surface area contributed by atoms with E-state index in [1.165, 1.54) is 0 Å². The second-order valence-electron chi connectivity index (χ2n) is 7.67. The Bertz CT molecular complexity index is 736. The highest BCUT2D eigenvalue weighted by atomic mass is 16.5. The Morgan fingerprint density at radius 1 is 1.19 bits per heavy atom. The fraction of sp³-hybridized carbons (Fsp3) is 0.636. The van der Waals surface area contributed by atoms with Crippen molar-refractivity contribution < 1.29 is 24.1 Å². The molecule has 0 aromatic heterocycles. The molecule has 2 aliphatic rings. The Labute approximate surface area is 184 Å². The van der Waals surface area contributed by atoms with Crippen LogP contribution in [0.3, 0.4) is 0 Å². The lowest BCUT2D eigenvalue weighted by Crippen LogP contribution is -2.55. The third kappa shape index (κ3) is 6.01. The lowest BCUT2D eigenvalue weighted by atomic mass is 10.1. The van der Waals surface area contributed by atoms with Gasteiger partial charge < -0.3 is 34.4 Å². The van der Waals surface area contributed by atoms with Gasteiger partial charge in [-0.15, -0.1) is 0 Å². The normalized spacial score (nSPS) is 20.5. The molecule has 2 unspecified atom stereocenters. The van der Waals surface area contributed by atoms with E-state index in [1.807, 2.05) is 11.8 Å². The van der Waals surface area contributed by atoms with Crippen molar-refractivity contribution in [2.75, 3.05) is 60.1 Å². The van der Waals surface area contributed by atoms with Crippen molar-refractivity contribution in [3.8, 4) is 11.5 Å². The molecule has 3 rings (SSSR count). The predicted octanol–water partition coefficient (Wildman–Crippen LogP) is 1.03. The maximum absolute atomic E-state index is 12.6. The molecule has 1 amide bonds. The standard InChI is InChI=1S/C22H34N4O5/c1-4-23-22(24-15-19(27)16-12-17(29-2)14-18(13-16)30-3)26-9-7-25(8-10-26)21(28)20-6-5-11-31-20/h12-14,19-20,27H,4-11,15H2,1-3H3,(H,23,24). The monoisotopic (exact) mass is 434 g/mol. The second-order valence-corrected chi connectivity index (χ2v) is 7.67. The van der Waals surface area contributed by atoms with Gasteiger partial charge in [-0.3, -0.25) is 9.79 Å². The molecule has 1 aromatic carbocycles. The number of aliphatic hydroxyl groups is 1. The third-order valence-corrected chi connectivity index (χ3v) is 5.60. The largest absolute Gasteiger partial charge is 0.497 e. The Morgan fingerprint density at radius 2 is 1.84 bits per heavy atom. The first-order valence-electron chi connectivity index (χ1n) is 10.9. The van der Waals surface area contributed by atoms with Crippen molar-refractivity contribution in [2.24, 2.45) is 4.99 Å². The SMILES string of the molecule is CCNC(=NCC(O)c1cc(OC)cc(OC)c1)N1CCN(C(=O)C2CCCO2)CC1. The predicted molar refractivity (Wildman–Crippen MR) is 118 cm³/mol. The van der Waals surface area contributed by atoms with E-state index in [0.717, 1.165) is 25.3 Å². The molecule has 0 radical (unpaired) electrons. The van der Waals surface area contributed by atoms with Crippen molar-refractivity contribution in [3.63, 3.8) is 0 Å². The molecule has 9 heteroatoms. The first-order chi connectivity index (χ1) is 15.0. The summed E-state index contributed by atoms with van der Waals surface area (Å²) in [6.45, 7) is 6.26. The highest BCUT2D eigenvalue weighted by Gasteiger charge is 2.31. The molecule has 0 spiro atoms. The molecule has 1 aromatic rings. The first kappa shape index (κ1) is 23.1. The summed E-state index contributed by atoms with van der Waals surface area (Å²) in [5.74, 6) is 2.08. The summed E-state index contributed by atoms with van der Waals surface area (Å²) in [6, 6.07) is 5.33. The average Bonchev–Trinajstić information content (AvgIpc) is 3.35. The minimum absolute atomic E-state index is 0.0986. The van der Waals surface area contributed by atoms with Crippen LogP contribution in [0.4, 0.5) is 0 Å². The van der Waals surface area contributed by atoms with Crippen LogP contribution in [0.1, 0.15) is 31.4 Å². The lowest BCUT2D eigenvalue weighted by Gasteiger charge is -2.37. The van der Waals surface area contributed by atoms with Crippen LogP contribution in [0.25, 0.3) is 0 Å². The zero-order valence-corrected chi connectivity index (χ0v) is 18.7. The molecule has 2 aliphatic heterocycles. The molecule has 31 heavy (non-hydrogen) atoms. The number of nitrogens with zero attached hydrogens (tertiary/aromatic N) is 3. The number of aliphatic hydroxyl groups excluding tert-OH is 1. The number of guanidine groups is 1. The number of piperazine rings is 1. The van der Waals surface area contributed by atoms with Gasteiger partial charge in [-0.2, -0.15) is 0 Å². The topological polar surface area (TPSA) is 95.9 Å². The maximum Gasteiger partial charge on any atom is 0.251 e. The van der Waals surface area contributed by atoms with Crippen molar-refractivity contribution in [1.29, 1.82) is 0 Å². The van der Waals surface area contributed by atoms with E-state index in [0.29, 0.717) is 49.8 Å². The van der Waals surface area contributed by atoms with E-state index in [2.05, 4.69) is 15.2 Å². The number of ether oxygens (including phenoxy) is 3. The summed E-state index contributed by atoms with van der Waals surface area (Å²) in [5.41, 5.74) is 0.683. The highest BCUT2D eigenvalue weighted by molar-refractivity contribution is 5.82. The minimum Gasteiger partial charge on any atom is -0.497 e. The van der Waals surface area contributed by atoms with E-state index < -0.39 is 6.10 Å². The summed E-state index contributed by atoms with van der Waals surface area (Å²) < 4.78 is 16.1. The molecule has 0 saturated carbocycles. The van der Waals surface area contributed by atoms with Crippen LogP contribution in [0.5, 0.6) is 11.5 Å². The Balaban J connectivity index is 1.60. The van der Waals surface area contributed by atoms with Crippen LogP contribution in [0.2, 0.25) is 0 Å². The number of carbonyl (C=O) groups excluding carboxylic acids is 1. The summed E-state index contributed by atoms with van der Waals surface area (Å²) in [7, 11) is 3.16. The van der Waals surface area contributed by atoms with Gasteiger partial charge in [-0.1, -0.05) is 0 Å². The number of hydrogen-bond acceptors (Lipinski definition) is 6. The van der Waals surface area contributed by atoms with Gasteiger partial charge in [0, 0.05) is 45.4 Å². The number of nitrogens with one attached hydrogen (secondary N) is 1. The zero-order valence-electron chi connectivity index (χ0n) is 18.7. The molecule has 0 aliphatic carbocycles. The van der Waals surface area contributed by atoms with E-state index >= 15 is 0 Å². The number of aliphatic imine (C=N–C) groups is 1. The molecule has 2 N–H and O–H groups in total. The fourth-order valence-electron chi connectivity index (χ4n) is 3.84. The van der Waals surface area contributed by atoms with Crippen molar-refractivity contribution in [3.05, 3.63) is 23.8 Å². The summed E-state index contributed by atoms with van der Waals surface area (Å²) >= 11 is 0. The fourth-order valence-corrected chi connectivity index (χ4v) is 3.84. The molecular weight excluding hydrogens is 400 g/mol. The minimum atomic E-state index is -0.792. The van der Waals surface area contributed by atoms with Crippen LogP contribution in [-0.4, -0.2) is 93.0 Å². The number of methoxy groups -OCH3 is 2.